The van der Waals surface area contributed by atoms with Gasteiger partial charge in [-0.25, -0.2) is 0 Å². The minimum Gasteiger partial charge on any atom is -0.378 e. The summed E-state index contributed by atoms with van der Waals surface area (Å²) in [6, 6.07) is 3.87. The minimum atomic E-state index is 0.343. The Bertz CT molecular complexity index is 460. The maximum Gasteiger partial charge on any atom is 0.111 e. The number of hydrogen-bond donors (Lipinski definition) is 1. The van der Waals surface area contributed by atoms with Gasteiger partial charge in [-0.15, -0.1) is 0 Å². The monoisotopic (exact) mass is 203 g/mol. The fourth-order valence-corrected chi connectivity index (χ4v) is 2.08. The van der Waals surface area contributed by atoms with Crippen molar-refractivity contribution in [2.45, 2.75) is 25.4 Å². The number of hydrogen-bond acceptors (Lipinski definition) is 3. The molecule has 1 aliphatic rings. The van der Waals surface area contributed by atoms with Crippen LogP contribution in [-0.2, 0) is 11.2 Å². The van der Waals surface area contributed by atoms with Crippen LogP contribution in [0.1, 0.15) is 18.5 Å². The molecule has 0 aliphatic carbocycles. The first kappa shape index (κ1) is 8.85. The summed E-state index contributed by atoms with van der Waals surface area (Å²) >= 11 is 0. The zero-order valence-corrected chi connectivity index (χ0v) is 8.44. The van der Waals surface area contributed by atoms with Crippen molar-refractivity contribution in [2.24, 2.45) is 0 Å². The van der Waals surface area contributed by atoms with E-state index in [9.17, 15) is 0 Å². The number of rotatable bonds is 2. The number of aromatic nitrogens is 3. The molecule has 0 saturated carbocycles. The van der Waals surface area contributed by atoms with Gasteiger partial charge in [0.15, 0.2) is 0 Å². The van der Waals surface area contributed by atoms with Crippen LogP contribution >= 0.6 is 0 Å². The van der Waals surface area contributed by atoms with Gasteiger partial charge in [0.25, 0.3) is 0 Å². The van der Waals surface area contributed by atoms with Gasteiger partial charge in [-0.2, -0.15) is 5.10 Å². The van der Waals surface area contributed by atoms with Crippen LogP contribution < -0.4 is 0 Å². The van der Waals surface area contributed by atoms with E-state index >= 15 is 0 Å². The lowest BCUT2D eigenvalue weighted by atomic mass is 10.1. The van der Waals surface area contributed by atoms with Crippen molar-refractivity contribution in [1.29, 1.82) is 0 Å². The molecule has 0 aromatic carbocycles. The molecule has 2 aromatic rings. The summed E-state index contributed by atoms with van der Waals surface area (Å²) in [6.45, 7) is 0.893. The molecule has 78 valence electrons. The van der Waals surface area contributed by atoms with E-state index in [2.05, 4.69) is 15.2 Å². The second kappa shape index (κ2) is 3.62. The standard InChI is InChI=1S/C11H13N3O/c1-4-9-11(12-5-1)10(14-13-9)7-8-3-2-6-15-8/h1,4-5,8H,2-3,6-7H2,(H,13,14). The highest BCUT2D eigenvalue weighted by Crippen LogP contribution is 2.20. The Balaban J connectivity index is 1.90. The maximum absolute atomic E-state index is 5.60. The molecule has 1 unspecified atom stereocenters. The molecule has 4 nitrogen and oxygen atoms in total. The number of H-pyrrole nitrogens is 1. The number of ether oxygens (including phenoxy) is 1. The van der Waals surface area contributed by atoms with Gasteiger partial charge in [0, 0.05) is 19.2 Å². The first-order chi connectivity index (χ1) is 7.43. The molecule has 1 N–H and O–H groups in total. The summed E-state index contributed by atoms with van der Waals surface area (Å²) in [4.78, 5) is 4.33. The van der Waals surface area contributed by atoms with Crippen molar-refractivity contribution in [3.8, 4) is 0 Å². The van der Waals surface area contributed by atoms with Crippen molar-refractivity contribution in [2.75, 3.05) is 6.61 Å². The predicted molar refractivity (Wildman–Crippen MR) is 56.6 cm³/mol. The van der Waals surface area contributed by atoms with E-state index in [-0.39, 0.29) is 0 Å². The maximum atomic E-state index is 5.60. The van der Waals surface area contributed by atoms with Crippen molar-refractivity contribution in [3.05, 3.63) is 24.0 Å². The van der Waals surface area contributed by atoms with Gasteiger partial charge in [0.05, 0.1) is 11.8 Å². The predicted octanol–water partition coefficient (Wildman–Crippen LogP) is 1.68. The van der Waals surface area contributed by atoms with Crippen molar-refractivity contribution in [3.63, 3.8) is 0 Å². The van der Waals surface area contributed by atoms with Crippen LogP contribution in [0.3, 0.4) is 0 Å². The SMILES string of the molecule is c1cnc2c(CC3CCCO3)[nH]nc2c1. The van der Waals surface area contributed by atoms with Gasteiger partial charge >= 0.3 is 0 Å². The fourth-order valence-electron chi connectivity index (χ4n) is 2.08. The summed E-state index contributed by atoms with van der Waals surface area (Å²) in [6.07, 6.45) is 5.36. The molecule has 3 rings (SSSR count). The number of pyridine rings is 1. The highest BCUT2D eigenvalue weighted by Gasteiger charge is 2.18. The number of fused-ring (bicyclic) bond motifs is 1. The van der Waals surface area contributed by atoms with Crippen molar-refractivity contribution < 1.29 is 4.74 Å². The average Bonchev–Trinajstić information content (AvgIpc) is 2.89. The molecule has 15 heavy (non-hydrogen) atoms. The Hall–Kier alpha value is -1.42. The number of nitrogens with one attached hydrogen (secondary N) is 1. The van der Waals surface area contributed by atoms with Gasteiger partial charge in [0.1, 0.15) is 11.0 Å². The highest BCUT2D eigenvalue weighted by molar-refractivity contribution is 5.76. The Morgan fingerprint density at radius 3 is 3.40 bits per heavy atom. The first-order valence-electron chi connectivity index (χ1n) is 5.33. The molecule has 2 aromatic heterocycles. The minimum absolute atomic E-state index is 0.343. The molecular formula is C11H13N3O. The number of nitrogens with zero attached hydrogens (tertiary/aromatic N) is 2. The smallest absolute Gasteiger partial charge is 0.111 e. The highest BCUT2D eigenvalue weighted by atomic mass is 16.5. The van der Waals surface area contributed by atoms with E-state index in [0.717, 1.165) is 36.2 Å². The molecule has 1 aliphatic heterocycles. The van der Waals surface area contributed by atoms with Crippen LogP contribution in [0.4, 0.5) is 0 Å². The largest absolute Gasteiger partial charge is 0.378 e. The van der Waals surface area contributed by atoms with E-state index in [1.807, 2.05) is 12.1 Å². The van der Waals surface area contributed by atoms with Gasteiger partial charge in [-0.05, 0) is 25.0 Å². The third kappa shape index (κ3) is 1.61. The normalized spacial score (nSPS) is 21.2. The summed E-state index contributed by atoms with van der Waals surface area (Å²) in [7, 11) is 0. The van der Waals surface area contributed by atoms with Crippen molar-refractivity contribution >= 4 is 11.0 Å². The van der Waals surface area contributed by atoms with E-state index < -0.39 is 0 Å². The van der Waals surface area contributed by atoms with E-state index in [1.54, 1.807) is 6.20 Å². The Kier molecular flexibility index (Phi) is 2.14. The molecule has 0 spiro atoms. The van der Waals surface area contributed by atoms with Crippen LogP contribution in [0.25, 0.3) is 11.0 Å². The molecule has 0 radical (unpaired) electrons. The molecule has 1 saturated heterocycles. The lowest BCUT2D eigenvalue weighted by molar-refractivity contribution is 0.111. The summed E-state index contributed by atoms with van der Waals surface area (Å²) < 4.78 is 5.60. The molecule has 0 bridgehead atoms. The molecule has 1 fully saturated rings. The zero-order valence-electron chi connectivity index (χ0n) is 8.44. The first-order valence-corrected chi connectivity index (χ1v) is 5.33. The Labute approximate surface area is 87.7 Å². The zero-order chi connectivity index (χ0) is 10.1. The van der Waals surface area contributed by atoms with E-state index in [1.165, 1.54) is 6.42 Å². The molecular weight excluding hydrogens is 190 g/mol. The van der Waals surface area contributed by atoms with Gasteiger partial charge in [0.2, 0.25) is 0 Å². The van der Waals surface area contributed by atoms with Crippen LogP contribution in [0.2, 0.25) is 0 Å². The lowest BCUT2D eigenvalue weighted by Crippen LogP contribution is -2.09. The molecule has 0 amide bonds. The van der Waals surface area contributed by atoms with Crippen LogP contribution in [0.15, 0.2) is 18.3 Å². The molecule has 1 atom stereocenters. The van der Waals surface area contributed by atoms with Gasteiger partial charge < -0.3 is 4.74 Å². The fraction of sp³-hybridized carbons (Fsp3) is 0.455. The second-order valence-corrected chi connectivity index (χ2v) is 3.91. The number of aromatic amines is 1. The van der Waals surface area contributed by atoms with Crippen LogP contribution in [0.5, 0.6) is 0 Å². The van der Waals surface area contributed by atoms with Gasteiger partial charge in [-0.3, -0.25) is 10.1 Å². The van der Waals surface area contributed by atoms with Gasteiger partial charge in [-0.1, -0.05) is 0 Å². The third-order valence-electron chi connectivity index (χ3n) is 2.84. The Morgan fingerprint density at radius 2 is 2.53 bits per heavy atom. The second-order valence-electron chi connectivity index (χ2n) is 3.91. The Morgan fingerprint density at radius 1 is 1.53 bits per heavy atom. The molecule has 3 heterocycles. The summed E-state index contributed by atoms with van der Waals surface area (Å²) in [5.41, 5.74) is 3.01. The average molecular weight is 203 g/mol. The molecule has 4 heteroatoms. The quantitative estimate of drug-likeness (QED) is 0.807. The lowest BCUT2D eigenvalue weighted by Gasteiger charge is -2.06. The van der Waals surface area contributed by atoms with E-state index in [0.29, 0.717) is 6.10 Å². The summed E-state index contributed by atoms with van der Waals surface area (Å²) in [5.74, 6) is 0. The topological polar surface area (TPSA) is 50.8 Å². The van der Waals surface area contributed by atoms with E-state index in [4.69, 9.17) is 4.74 Å². The third-order valence-corrected chi connectivity index (χ3v) is 2.84. The van der Waals surface area contributed by atoms with Crippen molar-refractivity contribution in [1.82, 2.24) is 15.2 Å². The van der Waals surface area contributed by atoms with Crippen LogP contribution in [0, 0.1) is 0 Å². The van der Waals surface area contributed by atoms with Crippen LogP contribution in [-0.4, -0.2) is 27.9 Å². The summed E-state index contributed by atoms with van der Waals surface area (Å²) in [5, 5.41) is 7.27.